The lowest BCUT2D eigenvalue weighted by molar-refractivity contribution is -0.274. The average molecular weight is 490 g/mol. The van der Waals surface area contributed by atoms with Gasteiger partial charge < -0.3 is 9.72 Å². The van der Waals surface area contributed by atoms with Crippen molar-refractivity contribution in [1.29, 1.82) is 0 Å². The molecule has 1 aliphatic carbocycles. The van der Waals surface area contributed by atoms with E-state index in [2.05, 4.69) is 14.7 Å². The van der Waals surface area contributed by atoms with Gasteiger partial charge in [0.1, 0.15) is 11.6 Å². The zero-order valence-corrected chi connectivity index (χ0v) is 17.4. The number of H-pyrrole nitrogens is 1. The van der Waals surface area contributed by atoms with Gasteiger partial charge in [-0.05, 0) is 55.3 Å². The van der Waals surface area contributed by atoms with Crippen LogP contribution in [-0.2, 0) is 16.0 Å². The summed E-state index contributed by atoms with van der Waals surface area (Å²) in [5.74, 6) is -0.183. The molecule has 0 radical (unpaired) electrons. The van der Waals surface area contributed by atoms with Gasteiger partial charge in [-0.2, -0.15) is 13.2 Å². The van der Waals surface area contributed by atoms with Gasteiger partial charge in [0.25, 0.3) is 0 Å². The summed E-state index contributed by atoms with van der Waals surface area (Å²) in [6.07, 6.45) is -7.52. The molecule has 176 valence electrons. The number of imidazole rings is 1. The van der Waals surface area contributed by atoms with Gasteiger partial charge >= 0.3 is 12.5 Å². The SMILES string of the molecule is O=S(=O)(c1cccc(C(F)(F)F)c1)C1CC(c2cnc(-c3ccc(OC(F)(F)F)cc3)[nH]2)C1. The van der Waals surface area contributed by atoms with Crippen molar-refractivity contribution in [2.24, 2.45) is 0 Å². The standard InChI is InChI=1S/C21H16F6N2O3S/c22-20(23,24)14-2-1-3-16(10-14)33(30,31)17-8-13(9-17)18-11-28-19(29-18)12-4-6-15(7-5-12)32-21(25,26)27/h1-7,10-11,13,17H,8-9H2,(H,28,29). The molecule has 1 fully saturated rings. The molecule has 1 aliphatic rings. The topological polar surface area (TPSA) is 72.1 Å². The Hall–Kier alpha value is -3.02. The van der Waals surface area contributed by atoms with E-state index in [0.717, 1.165) is 30.3 Å². The second kappa shape index (κ2) is 8.08. The average Bonchev–Trinajstić information content (AvgIpc) is 3.15. The molecule has 0 unspecified atom stereocenters. The molecule has 0 saturated heterocycles. The van der Waals surface area contributed by atoms with E-state index < -0.39 is 33.2 Å². The molecule has 12 heteroatoms. The molecule has 0 spiro atoms. The number of aromatic amines is 1. The lowest BCUT2D eigenvalue weighted by atomic mass is 9.82. The molecule has 1 heterocycles. The lowest BCUT2D eigenvalue weighted by Gasteiger charge is -2.34. The first kappa shape index (κ1) is 23.1. The number of sulfone groups is 1. The molecule has 4 rings (SSSR count). The lowest BCUT2D eigenvalue weighted by Crippen LogP contribution is -2.35. The van der Waals surface area contributed by atoms with Gasteiger partial charge in [-0.25, -0.2) is 13.4 Å². The van der Waals surface area contributed by atoms with Crippen molar-refractivity contribution in [3.05, 3.63) is 66.0 Å². The number of aromatic nitrogens is 2. The van der Waals surface area contributed by atoms with Crippen LogP contribution in [0.2, 0.25) is 0 Å². The van der Waals surface area contributed by atoms with Crippen molar-refractivity contribution in [3.8, 4) is 17.1 Å². The molecule has 2 aromatic carbocycles. The second-order valence-electron chi connectivity index (χ2n) is 7.62. The van der Waals surface area contributed by atoms with E-state index in [-0.39, 0.29) is 29.4 Å². The van der Waals surface area contributed by atoms with Gasteiger partial charge in [0.2, 0.25) is 0 Å². The summed E-state index contributed by atoms with van der Waals surface area (Å²) < 4.78 is 105. The van der Waals surface area contributed by atoms with Crippen LogP contribution < -0.4 is 4.74 Å². The van der Waals surface area contributed by atoms with Crippen molar-refractivity contribution in [1.82, 2.24) is 9.97 Å². The van der Waals surface area contributed by atoms with E-state index in [1.807, 2.05) is 0 Å². The summed E-state index contributed by atoms with van der Waals surface area (Å²) in [4.78, 5) is 6.84. The maximum absolute atomic E-state index is 12.9. The fourth-order valence-corrected chi connectivity index (χ4v) is 5.53. The number of halogens is 6. The van der Waals surface area contributed by atoms with Gasteiger partial charge in [-0.3, -0.25) is 0 Å². The summed E-state index contributed by atoms with van der Waals surface area (Å²) in [6, 6.07) is 8.75. The highest BCUT2D eigenvalue weighted by molar-refractivity contribution is 7.92. The smallest absolute Gasteiger partial charge is 0.406 e. The molecule has 1 N–H and O–H groups in total. The molecule has 1 saturated carbocycles. The first-order chi connectivity index (χ1) is 15.3. The van der Waals surface area contributed by atoms with Gasteiger partial charge in [0.05, 0.1) is 15.7 Å². The molecule has 0 atom stereocenters. The molecule has 5 nitrogen and oxygen atoms in total. The number of nitrogens with zero attached hydrogens (tertiary/aromatic N) is 1. The van der Waals surface area contributed by atoms with Crippen LogP contribution in [0.3, 0.4) is 0 Å². The highest BCUT2D eigenvalue weighted by Crippen LogP contribution is 2.43. The molecule has 0 aliphatic heterocycles. The van der Waals surface area contributed by atoms with E-state index in [1.165, 1.54) is 18.3 Å². The Labute approximate surface area is 184 Å². The molecule has 3 aromatic rings. The molecule has 0 amide bonds. The van der Waals surface area contributed by atoms with Crippen LogP contribution in [0.5, 0.6) is 5.75 Å². The van der Waals surface area contributed by atoms with Crippen LogP contribution in [0.4, 0.5) is 26.3 Å². The van der Waals surface area contributed by atoms with Crippen LogP contribution in [0.25, 0.3) is 11.4 Å². The normalized spacial score (nSPS) is 19.2. The summed E-state index contributed by atoms with van der Waals surface area (Å²) in [6.45, 7) is 0. The number of alkyl halides is 6. The van der Waals surface area contributed by atoms with Crippen LogP contribution in [0.1, 0.15) is 30.0 Å². The minimum atomic E-state index is -4.80. The number of ether oxygens (including phenoxy) is 1. The Bertz CT molecular complexity index is 1240. The van der Waals surface area contributed by atoms with Gasteiger partial charge in [-0.1, -0.05) is 6.07 Å². The quantitative estimate of drug-likeness (QED) is 0.465. The van der Waals surface area contributed by atoms with Crippen molar-refractivity contribution in [2.75, 3.05) is 0 Å². The van der Waals surface area contributed by atoms with E-state index in [1.54, 1.807) is 0 Å². The van der Waals surface area contributed by atoms with Crippen LogP contribution in [0, 0.1) is 0 Å². The maximum atomic E-state index is 12.9. The van der Waals surface area contributed by atoms with Gasteiger partial charge in [0.15, 0.2) is 9.84 Å². The largest absolute Gasteiger partial charge is 0.573 e. The monoisotopic (exact) mass is 490 g/mol. The van der Waals surface area contributed by atoms with E-state index in [4.69, 9.17) is 0 Å². The third-order valence-corrected chi connectivity index (χ3v) is 7.59. The number of nitrogens with one attached hydrogen (secondary N) is 1. The molecular weight excluding hydrogens is 474 g/mol. The fourth-order valence-electron chi connectivity index (χ4n) is 3.62. The number of rotatable bonds is 5. The predicted octanol–water partition coefficient (Wildman–Crippen LogP) is 5.71. The summed E-state index contributed by atoms with van der Waals surface area (Å²) in [7, 11) is -3.93. The molecule has 0 bridgehead atoms. The Morgan fingerprint density at radius 1 is 0.970 bits per heavy atom. The first-order valence-electron chi connectivity index (χ1n) is 9.65. The zero-order chi connectivity index (χ0) is 24.0. The first-order valence-corrected chi connectivity index (χ1v) is 11.2. The minimum Gasteiger partial charge on any atom is -0.406 e. The van der Waals surface area contributed by atoms with E-state index in [0.29, 0.717) is 23.1 Å². The van der Waals surface area contributed by atoms with Gasteiger partial charge in [0, 0.05) is 23.4 Å². The van der Waals surface area contributed by atoms with Crippen molar-refractivity contribution < 1.29 is 39.5 Å². The number of hydrogen-bond donors (Lipinski definition) is 1. The maximum Gasteiger partial charge on any atom is 0.573 e. The Morgan fingerprint density at radius 2 is 1.64 bits per heavy atom. The van der Waals surface area contributed by atoms with Crippen LogP contribution in [-0.4, -0.2) is 30.0 Å². The third-order valence-electron chi connectivity index (χ3n) is 5.42. The second-order valence-corrected chi connectivity index (χ2v) is 9.85. The van der Waals surface area contributed by atoms with Gasteiger partial charge in [-0.15, -0.1) is 13.2 Å². The van der Waals surface area contributed by atoms with Crippen molar-refractivity contribution in [2.45, 2.75) is 41.4 Å². The number of benzene rings is 2. The van der Waals surface area contributed by atoms with Crippen molar-refractivity contribution in [3.63, 3.8) is 0 Å². The van der Waals surface area contributed by atoms with Crippen molar-refractivity contribution >= 4 is 9.84 Å². The molecular formula is C21H16F6N2O3S. The van der Waals surface area contributed by atoms with Crippen LogP contribution >= 0.6 is 0 Å². The summed E-state index contributed by atoms with van der Waals surface area (Å²) >= 11 is 0. The van der Waals surface area contributed by atoms with E-state index in [9.17, 15) is 34.8 Å². The number of hydrogen-bond acceptors (Lipinski definition) is 4. The van der Waals surface area contributed by atoms with Crippen LogP contribution in [0.15, 0.2) is 59.6 Å². The summed E-state index contributed by atoms with van der Waals surface area (Å²) in [5, 5.41) is -0.823. The minimum absolute atomic E-state index is 0.190. The van der Waals surface area contributed by atoms with E-state index >= 15 is 0 Å². The predicted molar refractivity (Wildman–Crippen MR) is 105 cm³/mol. The Morgan fingerprint density at radius 3 is 2.24 bits per heavy atom. The highest BCUT2D eigenvalue weighted by atomic mass is 32.2. The molecule has 33 heavy (non-hydrogen) atoms. The Balaban J connectivity index is 1.43. The fraction of sp³-hybridized carbons (Fsp3) is 0.286. The summed E-state index contributed by atoms with van der Waals surface area (Å²) in [5.41, 5.74) is 0.114. The highest BCUT2D eigenvalue weighted by Gasteiger charge is 2.42. The molecule has 1 aromatic heterocycles. The third kappa shape index (κ3) is 5.00. The zero-order valence-electron chi connectivity index (χ0n) is 16.6. The Kier molecular flexibility index (Phi) is 5.67.